The summed E-state index contributed by atoms with van der Waals surface area (Å²) in [5, 5.41) is 0. The van der Waals surface area contributed by atoms with Crippen LogP contribution >= 0.6 is 24.8 Å². The van der Waals surface area contributed by atoms with Crippen molar-refractivity contribution in [2.45, 2.75) is 57.5 Å². The average molecular weight is 617 g/mol. The molecule has 2 aromatic carbocycles. The number of fused-ring (bicyclic) bond motifs is 1. The number of rotatable bonds is 3. The first-order chi connectivity index (χ1) is 15.4. The van der Waals surface area contributed by atoms with E-state index in [0.29, 0.717) is 9.54 Å². The standard InChI is InChI=1S/C17H12F3.C9H13.C2H6Si.2ClH.Zr/c1-11-9-13-3-2-4-15(16(13)10-11)12-5-7-14(8-6-12)17(18,19)20;1-6-5-7(2)9(4)8(6)3;1-3-2;;;/h2-10H,1H3;6H,1-4H3;1-2H3;2*1H;. The third-order valence-electron chi connectivity index (χ3n) is 7.56. The van der Waals surface area contributed by atoms with E-state index in [1.54, 1.807) is 21.0 Å². The maximum Gasteiger partial charge on any atom is -0.147 e. The first-order valence-corrected chi connectivity index (χ1v) is 20.3. The molecule has 2 aromatic rings. The van der Waals surface area contributed by atoms with Gasteiger partial charge in [0.1, 0.15) is 0 Å². The number of benzene rings is 2. The molecule has 0 bridgehead atoms. The van der Waals surface area contributed by atoms with Crippen molar-refractivity contribution in [2.24, 2.45) is 5.92 Å². The molecule has 2 atom stereocenters. The summed E-state index contributed by atoms with van der Waals surface area (Å²) in [6, 6.07) is 12.1. The van der Waals surface area contributed by atoms with E-state index in [4.69, 9.17) is 0 Å². The third kappa shape index (κ3) is 5.40. The van der Waals surface area contributed by atoms with Gasteiger partial charge in [-0.15, -0.1) is 24.8 Å². The third-order valence-corrected chi connectivity index (χ3v) is 26.6. The molecule has 35 heavy (non-hydrogen) atoms. The Morgan fingerprint density at radius 3 is 1.94 bits per heavy atom. The summed E-state index contributed by atoms with van der Waals surface area (Å²) >= 11 is -2.07. The first kappa shape index (κ1) is 30.4. The first-order valence-electron chi connectivity index (χ1n) is 11.5. The van der Waals surface area contributed by atoms with Gasteiger partial charge in [0.2, 0.25) is 0 Å². The fourth-order valence-electron chi connectivity index (χ4n) is 5.54. The van der Waals surface area contributed by atoms with E-state index in [2.05, 4.69) is 72.0 Å². The predicted octanol–water partition coefficient (Wildman–Crippen LogP) is 9.80. The summed E-state index contributed by atoms with van der Waals surface area (Å²) in [7, 11) is 0. The van der Waals surface area contributed by atoms with E-state index in [1.807, 2.05) is 0 Å². The summed E-state index contributed by atoms with van der Waals surface area (Å²) in [5.74, 6) is 0.550. The second-order valence-corrected chi connectivity index (χ2v) is 27.0. The van der Waals surface area contributed by atoms with Crippen LogP contribution in [-0.4, -0.2) is 5.43 Å². The van der Waals surface area contributed by atoms with Gasteiger partial charge in [-0.25, -0.2) is 0 Å². The Kier molecular flexibility index (Phi) is 9.76. The van der Waals surface area contributed by atoms with Crippen molar-refractivity contribution < 1.29 is 33.5 Å². The van der Waals surface area contributed by atoms with Crippen molar-refractivity contribution in [3.05, 3.63) is 84.7 Å². The van der Waals surface area contributed by atoms with Crippen LogP contribution in [0.2, 0.25) is 13.1 Å². The SMILES string of the molecule is CC1=Cc2c(-c3ccc(C(F)(F)F)cc3)cccc2[CH]1[Zr]([C]1=C(C)C(C)=C(C)C1C)=[Si](C)C.Cl.Cl. The van der Waals surface area contributed by atoms with Crippen molar-refractivity contribution in [2.75, 3.05) is 0 Å². The monoisotopic (exact) mass is 614 g/mol. The van der Waals surface area contributed by atoms with Crippen molar-refractivity contribution in [3.8, 4) is 11.1 Å². The zero-order chi connectivity index (χ0) is 24.2. The van der Waals surface area contributed by atoms with E-state index >= 15 is 0 Å². The summed E-state index contributed by atoms with van der Waals surface area (Å²) in [6.07, 6.45) is -1.99. The number of hydrogen-bond acceptors (Lipinski definition) is 0. The second-order valence-electron chi connectivity index (χ2n) is 9.69. The zero-order valence-electron chi connectivity index (χ0n) is 21.2. The van der Waals surface area contributed by atoms with E-state index in [9.17, 15) is 13.2 Å². The van der Waals surface area contributed by atoms with E-state index in [1.165, 1.54) is 40.0 Å². The quantitative estimate of drug-likeness (QED) is 0.301. The fraction of sp³-hybridized carbons (Fsp3) is 0.357. The van der Waals surface area contributed by atoms with Crippen molar-refractivity contribution in [3.63, 3.8) is 0 Å². The molecule has 0 saturated carbocycles. The molecule has 0 N–H and O–H groups in total. The summed E-state index contributed by atoms with van der Waals surface area (Å²) in [4.78, 5) is 0. The van der Waals surface area contributed by atoms with Gasteiger partial charge in [-0.2, -0.15) is 0 Å². The number of allylic oxidation sites excluding steroid dienone is 5. The molecular weight excluding hydrogens is 584 g/mol. The fourth-order valence-corrected chi connectivity index (χ4v) is 26.1. The Hall–Kier alpha value is -0.870. The molecular formula is C28H33Cl2F3SiZr. The minimum absolute atomic E-state index is 0. The summed E-state index contributed by atoms with van der Waals surface area (Å²) in [6.45, 7) is 16.6. The van der Waals surface area contributed by atoms with Crippen LogP contribution in [0.3, 0.4) is 0 Å². The van der Waals surface area contributed by atoms with Gasteiger partial charge < -0.3 is 0 Å². The van der Waals surface area contributed by atoms with Crippen molar-refractivity contribution in [1.29, 1.82) is 0 Å². The predicted molar refractivity (Wildman–Crippen MR) is 145 cm³/mol. The van der Waals surface area contributed by atoms with Gasteiger partial charge in [0.15, 0.2) is 0 Å². The summed E-state index contributed by atoms with van der Waals surface area (Å²) < 4.78 is 41.5. The molecule has 0 radical (unpaired) electrons. The maximum atomic E-state index is 13.1. The maximum absolute atomic E-state index is 13.1. The molecule has 0 aliphatic heterocycles. The molecule has 2 unspecified atom stereocenters. The van der Waals surface area contributed by atoms with Crippen molar-refractivity contribution in [1.82, 2.24) is 0 Å². The molecule has 7 heteroatoms. The molecule has 0 amide bonds. The second kappa shape index (κ2) is 11.3. The molecule has 188 valence electrons. The Morgan fingerprint density at radius 1 is 0.857 bits per heavy atom. The minimum atomic E-state index is -4.31. The van der Waals surface area contributed by atoms with Crippen LogP contribution in [0.4, 0.5) is 13.2 Å². The molecule has 2 aliphatic rings. The van der Waals surface area contributed by atoms with Crippen LogP contribution in [0.25, 0.3) is 17.2 Å². The molecule has 0 heterocycles. The molecule has 0 saturated heterocycles. The topological polar surface area (TPSA) is 0 Å². The Balaban J connectivity index is 0.00000216. The van der Waals surface area contributed by atoms with Crippen LogP contribution in [0.5, 0.6) is 0 Å². The Morgan fingerprint density at radius 2 is 1.46 bits per heavy atom. The molecule has 0 spiro atoms. The van der Waals surface area contributed by atoms with Crippen LogP contribution < -0.4 is 0 Å². The zero-order valence-corrected chi connectivity index (χ0v) is 26.3. The molecule has 0 nitrogen and oxygen atoms in total. The normalized spacial score (nSPS) is 19.2. The molecule has 2 aliphatic carbocycles. The van der Waals surface area contributed by atoms with E-state index < -0.39 is 37.5 Å². The van der Waals surface area contributed by atoms with Crippen LogP contribution in [0.1, 0.15) is 54.9 Å². The number of halogens is 5. The van der Waals surface area contributed by atoms with Gasteiger partial charge in [-0.05, 0) is 0 Å². The van der Waals surface area contributed by atoms with Gasteiger partial charge in [-0.1, -0.05) is 0 Å². The number of hydrogen-bond donors (Lipinski definition) is 0. The largest absolute Gasteiger partial charge is 0.147 e. The van der Waals surface area contributed by atoms with E-state index in [0.717, 1.165) is 11.1 Å². The summed E-state index contributed by atoms with van der Waals surface area (Å²) in [5.41, 5.74) is 9.44. The average Bonchev–Trinajstić information content (AvgIpc) is 3.18. The minimum Gasteiger partial charge on any atom is -0.147 e. The van der Waals surface area contributed by atoms with Gasteiger partial charge in [0.25, 0.3) is 0 Å². The molecule has 4 rings (SSSR count). The van der Waals surface area contributed by atoms with Gasteiger partial charge >= 0.3 is 204 Å². The Labute approximate surface area is 227 Å². The van der Waals surface area contributed by atoms with Gasteiger partial charge in [0.05, 0.1) is 0 Å². The smallest absolute Gasteiger partial charge is 0.147 e. The van der Waals surface area contributed by atoms with Gasteiger partial charge in [0, 0.05) is 0 Å². The van der Waals surface area contributed by atoms with Crippen LogP contribution in [-0.2, 0) is 26.5 Å². The molecule has 0 aromatic heterocycles. The number of alkyl halides is 3. The van der Waals surface area contributed by atoms with Gasteiger partial charge in [-0.3, -0.25) is 0 Å². The molecule has 0 fully saturated rings. The van der Waals surface area contributed by atoms with Crippen LogP contribution in [0.15, 0.2) is 68.0 Å². The Bertz CT molecular complexity index is 1260. The van der Waals surface area contributed by atoms with E-state index in [-0.39, 0.29) is 24.8 Å². The van der Waals surface area contributed by atoms with Crippen LogP contribution in [0, 0.1) is 5.92 Å². The van der Waals surface area contributed by atoms with Crippen molar-refractivity contribution >= 4 is 36.3 Å².